The van der Waals surface area contributed by atoms with Crippen LogP contribution in [0.1, 0.15) is 21.7 Å². The predicted molar refractivity (Wildman–Crippen MR) is 94.7 cm³/mol. The van der Waals surface area contributed by atoms with E-state index >= 15 is 0 Å². The van der Waals surface area contributed by atoms with Gasteiger partial charge >= 0.3 is 0 Å². The van der Waals surface area contributed by atoms with Gasteiger partial charge in [-0.15, -0.1) is 0 Å². The molecule has 0 aliphatic heterocycles. The molecule has 0 saturated carbocycles. The predicted octanol–water partition coefficient (Wildman–Crippen LogP) is 2.87. The molecule has 122 valence electrons. The molecule has 2 heterocycles. The van der Waals surface area contributed by atoms with Gasteiger partial charge in [0.2, 0.25) is 5.43 Å². The van der Waals surface area contributed by atoms with Gasteiger partial charge < -0.3 is 4.90 Å². The summed E-state index contributed by atoms with van der Waals surface area (Å²) < 4.78 is 1.62. The van der Waals surface area contributed by atoms with E-state index < -0.39 is 0 Å². The molecule has 24 heavy (non-hydrogen) atoms. The minimum absolute atomic E-state index is 0.0674. The van der Waals surface area contributed by atoms with Gasteiger partial charge in [0, 0.05) is 25.4 Å². The highest BCUT2D eigenvalue weighted by molar-refractivity contribution is 7.07. The van der Waals surface area contributed by atoms with Gasteiger partial charge in [0.15, 0.2) is 5.69 Å². The minimum Gasteiger partial charge on any atom is -0.336 e. The Morgan fingerprint density at radius 3 is 2.67 bits per heavy atom. The maximum Gasteiger partial charge on any atom is 0.278 e. The second-order valence-corrected chi connectivity index (χ2v) is 6.32. The Morgan fingerprint density at radius 2 is 2.00 bits per heavy atom. The van der Waals surface area contributed by atoms with E-state index in [9.17, 15) is 9.59 Å². The van der Waals surface area contributed by atoms with E-state index in [0.29, 0.717) is 12.2 Å². The number of aryl methyl sites for hydroxylation is 1. The molecular weight excluding hydrogens is 322 g/mol. The van der Waals surface area contributed by atoms with Gasteiger partial charge in [-0.3, -0.25) is 9.59 Å². The van der Waals surface area contributed by atoms with Gasteiger partial charge in [-0.2, -0.15) is 16.4 Å². The summed E-state index contributed by atoms with van der Waals surface area (Å²) in [4.78, 5) is 26.4. The fraction of sp³-hybridized carbons (Fsp3) is 0.167. The average Bonchev–Trinajstić information content (AvgIpc) is 3.08. The van der Waals surface area contributed by atoms with E-state index in [1.165, 1.54) is 11.0 Å². The Balaban J connectivity index is 1.95. The second-order valence-electron chi connectivity index (χ2n) is 5.54. The topological polar surface area (TPSA) is 55.2 Å². The first-order valence-electron chi connectivity index (χ1n) is 7.49. The van der Waals surface area contributed by atoms with Crippen molar-refractivity contribution in [2.45, 2.75) is 13.5 Å². The molecule has 1 aromatic carbocycles. The number of para-hydroxylation sites is 1. The third-order valence-electron chi connectivity index (χ3n) is 3.66. The lowest BCUT2D eigenvalue weighted by Gasteiger charge is -2.17. The molecule has 0 atom stereocenters. The lowest BCUT2D eigenvalue weighted by atomic mass is 10.2. The van der Waals surface area contributed by atoms with Gasteiger partial charge in [0.05, 0.1) is 5.69 Å². The SMILES string of the molecule is Cc1cc(=O)c(C(=O)N(C)Cc2ccsc2)nn1-c1ccccc1. The highest BCUT2D eigenvalue weighted by Gasteiger charge is 2.19. The molecule has 6 heteroatoms. The maximum absolute atomic E-state index is 12.6. The van der Waals surface area contributed by atoms with E-state index in [4.69, 9.17) is 0 Å². The molecule has 0 aliphatic rings. The van der Waals surface area contributed by atoms with Crippen LogP contribution < -0.4 is 5.43 Å². The Labute approximate surface area is 143 Å². The summed E-state index contributed by atoms with van der Waals surface area (Å²) in [7, 11) is 1.67. The Kier molecular flexibility index (Phi) is 4.57. The van der Waals surface area contributed by atoms with Crippen molar-refractivity contribution in [3.63, 3.8) is 0 Å². The van der Waals surface area contributed by atoms with E-state index in [1.807, 2.05) is 47.2 Å². The fourth-order valence-corrected chi connectivity index (χ4v) is 3.09. The number of rotatable bonds is 4. The molecule has 0 aliphatic carbocycles. The number of nitrogens with zero attached hydrogens (tertiary/aromatic N) is 3. The monoisotopic (exact) mass is 339 g/mol. The summed E-state index contributed by atoms with van der Waals surface area (Å²) >= 11 is 1.57. The molecule has 1 amide bonds. The average molecular weight is 339 g/mol. The normalized spacial score (nSPS) is 10.6. The van der Waals surface area contributed by atoms with Crippen molar-refractivity contribution < 1.29 is 4.79 Å². The van der Waals surface area contributed by atoms with E-state index in [-0.39, 0.29) is 17.0 Å². The summed E-state index contributed by atoms with van der Waals surface area (Å²) in [6.45, 7) is 2.24. The number of carbonyl (C=O) groups is 1. The van der Waals surface area contributed by atoms with Crippen LogP contribution in [0.15, 0.2) is 58.0 Å². The molecular formula is C18H17N3O2S. The Morgan fingerprint density at radius 1 is 1.25 bits per heavy atom. The molecule has 3 aromatic rings. The molecule has 0 N–H and O–H groups in total. The lowest BCUT2D eigenvalue weighted by Crippen LogP contribution is -2.33. The van der Waals surface area contributed by atoms with Crippen LogP contribution in [0, 0.1) is 6.92 Å². The third kappa shape index (κ3) is 3.28. The van der Waals surface area contributed by atoms with Gasteiger partial charge in [-0.05, 0) is 41.4 Å². The minimum atomic E-state index is -0.379. The van der Waals surface area contributed by atoms with Crippen molar-refractivity contribution >= 4 is 17.2 Å². The van der Waals surface area contributed by atoms with Gasteiger partial charge in [-0.1, -0.05) is 18.2 Å². The van der Waals surface area contributed by atoms with Crippen LogP contribution in [0.4, 0.5) is 0 Å². The van der Waals surface area contributed by atoms with Crippen molar-refractivity contribution in [1.82, 2.24) is 14.7 Å². The van der Waals surface area contributed by atoms with E-state index in [2.05, 4.69) is 5.10 Å². The molecule has 0 fully saturated rings. The van der Waals surface area contributed by atoms with Crippen LogP contribution in [0.5, 0.6) is 0 Å². The second kappa shape index (κ2) is 6.80. The van der Waals surface area contributed by atoms with Gasteiger partial charge in [-0.25, -0.2) is 4.68 Å². The van der Waals surface area contributed by atoms with Crippen LogP contribution in [0.3, 0.4) is 0 Å². The smallest absolute Gasteiger partial charge is 0.278 e. The van der Waals surface area contributed by atoms with Crippen LogP contribution >= 0.6 is 11.3 Å². The number of carbonyl (C=O) groups excluding carboxylic acids is 1. The van der Waals surface area contributed by atoms with Crippen LogP contribution in [0.2, 0.25) is 0 Å². The molecule has 0 unspecified atom stereocenters. The summed E-state index contributed by atoms with van der Waals surface area (Å²) in [6, 6.07) is 12.9. The van der Waals surface area contributed by atoms with Crippen LogP contribution in [-0.2, 0) is 6.54 Å². The van der Waals surface area contributed by atoms with Crippen LogP contribution in [-0.4, -0.2) is 27.6 Å². The van der Waals surface area contributed by atoms with Crippen molar-refractivity contribution in [2.75, 3.05) is 7.05 Å². The first kappa shape index (κ1) is 16.1. The van der Waals surface area contributed by atoms with Gasteiger partial charge in [0.1, 0.15) is 0 Å². The first-order chi connectivity index (χ1) is 11.6. The summed E-state index contributed by atoms with van der Waals surface area (Å²) in [5, 5.41) is 8.25. The fourth-order valence-electron chi connectivity index (χ4n) is 2.44. The van der Waals surface area contributed by atoms with Crippen molar-refractivity contribution in [3.8, 4) is 5.69 Å². The molecule has 0 spiro atoms. The third-order valence-corrected chi connectivity index (χ3v) is 4.39. The number of amides is 1. The summed E-state index contributed by atoms with van der Waals surface area (Å²) in [5.74, 6) is -0.379. The highest BCUT2D eigenvalue weighted by atomic mass is 32.1. The number of aromatic nitrogens is 2. The quantitative estimate of drug-likeness (QED) is 0.734. The highest BCUT2D eigenvalue weighted by Crippen LogP contribution is 2.11. The molecule has 3 rings (SSSR count). The first-order valence-corrected chi connectivity index (χ1v) is 8.43. The molecule has 0 radical (unpaired) electrons. The maximum atomic E-state index is 12.6. The van der Waals surface area contributed by atoms with Gasteiger partial charge in [0.25, 0.3) is 5.91 Å². The molecule has 0 saturated heterocycles. The molecule has 5 nitrogen and oxygen atoms in total. The lowest BCUT2D eigenvalue weighted by molar-refractivity contribution is 0.0776. The Bertz CT molecular complexity index is 902. The number of hydrogen-bond acceptors (Lipinski definition) is 4. The van der Waals surface area contributed by atoms with Crippen LogP contribution in [0.25, 0.3) is 5.69 Å². The number of thiophene rings is 1. The zero-order valence-corrected chi connectivity index (χ0v) is 14.3. The van der Waals surface area contributed by atoms with Crippen molar-refractivity contribution in [2.24, 2.45) is 0 Å². The largest absolute Gasteiger partial charge is 0.336 e. The zero-order valence-electron chi connectivity index (χ0n) is 13.5. The summed E-state index contributed by atoms with van der Waals surface area (Å²) in [5.41, 5.74) is 2.10. The molecule has 0 bridgehead atoms. The standard InChI is InChI=1S/C18H17N3O2S/c1-13-10-16(22)17(19-21(13)15-6-4-3-5-7-15)18(23)20(2)11-14-8-9-24-12-14/h3-10,12H,11H2,1-2H3. The van der Waals surface area contributed by atoms with Crippen molar-refractivity contribution in [3.05, 3.63) is 80.4 Å². The Hall–Kier alpha value is -2.73. The summed E-state index contributed by atoms with van der Waals surface area (Å²) in [6.07, 6.45) is 0. The van der Waals surface area contributed by atoms with Crippen molar-refractivity contribution in [1.29, 1.82) is 0 Å². The number of benzene rings is 1. The zero-order chi connectivity index (χ0) is 17.1. The van der Waals surface area contributed by atoms with E-state index in [0.717, 1.165) is 11.3 Å². The number of hydrogen-bond donors (Lipinski definition) is 0. The van der Waals surface area contributed by atoms with E-state index in [1.54, 1.807) is 30.0 Å². The molecule has 2 aromatic heterocycles.